The maximum atomic E-state index is 10.7. The second-order valence-corrected chi connectivity index (χ2v) is 2.97. The van der Waals surface area contributed by atoms with Crippen molar-refractivity contribution in [2.75, 3.05) is 25.1 Å². The number of carbonyl (C=O) groups excluding carboxylic acids is 1. The molecule has 1 saturated heterocycles. The fraction of sp³-hybridized carbons (Fsp3) is 0.800. The van der Waals surface area contributed by atoms with Gasteiger partial charge in [-0.1, -0.05) is 0 Å². The predicted molar refractivity (Wildman–Crippen MR) is 35.0 cm³/mol. The second-order valence-electron chi connectivity index (χ2n) is 1.87. The first-order valence-electron chi connectivity index (χ1n) is 2.62. The van der Waals surface area contributed by atoms with E-state index in [1.54, 1.807) is 16.7 Å². The molecule has 0 aliphatic carbocycles. The molecule has 1 aliphatic rings. The Bertz CT molecular complexity index is 105. The van der Waals surface area contributed by atoms with Gasteiger partial charge in [0, 0.05) is 19.3 Å². The Hall–Kier alpha value is -0.180. The SMILES string of the molecule is CN1CCSCC1=O. The lowest BCUT2D eigenvalue weighted by Crippen LogP contribution is -2.34. The average Bonchev–Trinajstić information content (AvgIpc) is 1.77. The Balaban J connectivity index is 2.39. The zero-order chi connectivity index (χ0) is 5.98. The second kappa shape index (κ2) is 2.40. The van der Waals surface area contributed by atoms with Crippen LogP contribution in [0.3, 0.4) is 0 Å². The first-order chi connectivity index (χ1) is 3.80. The lowest BCUT2D eigenvalue weighted by atomic mass is 10.5. The summed E-state index contributed by atoms with van der Waals surface area (Å²) in [5.41, 5.74) is 0. The van der Waals surface area contributed by atoms with Crippen molar-refractivity contribution in [3.05, 3.63) is 0 Å². The van der Waals surface area contributed by atoms with E-state index in [1.807, 2.05) is 7.05 Å². The fourth-order valence-electron chi connectivity index (χ4n) is 0.596. The van der Waals surface area contributed by atoms with Crippen LogP contribution in [0.5, 0.6) is 0 Å². The van der Waals surface area contributed by atoms with Gasteiger partial charge in [0.2, 0.25) is 5.91 Å². The monoisotopic (exact) mass is 131 g/mol. The maximum absolute atomic E-state index is 10.7. The highest BCUT2D eigenvalue weighted by Crippen LogP contribution is 2.07. The number of hydrogen-bond acceptors (Lipinski definition) is 2. The van der Waals surface area contributed by atoms with Crippen LogP contribution in [0.4, 0.5) is 0 Å². The molecule has 3 heteroatoms. The predicted octanol–water partition coefficient (Wildman–Crippen LogP) is 0.192. The molecule has 8 heavy (non-hydrogen) atoms. The van der Waals surface area contributed by atoms with Crippen LogP contribution in [-0.4, -0.2) is 35.9 Å². The molecule has 2 nitrogen and oxygen atoms in total. The van der Waals surface area contributed by atoms with Crippen molar-refractivity contribution >= 4 is 17.7 Å². The Labute approximate surface area is 53.2 Å². The minimum absolute atomic E-state index is 0.265. The van der Waals surface area contributed by atoms with Crippen molar-refractivity contribution in [3.63, 3.8) is 0 Å². The van der Waals surface area contributed by atoms with Crippen LogP contribution >= 0.6 is 11.8 Å². The van der Waals surface area contributed by atoms with Gasteiger partial charge in [0.15, 0.2) is 0 Å². The summed E-state index contributed by atoms with van der Waals surface area (Å²) in [6.45, 7) is 0.920. The molecule has 0 atom stereocenters. The number of hydrogen-bond donors (Lipinski definition) is 0. The normalized spacial score (nSPS) is 21.6. The summed E-state index contributed by atoms with van der Waals surface area (Å²) in [7, 11) is 1.85. The van der Waals surface area contributed by atoms with Crippen molar-refractivity contribution in [1.29, 1.82) is 0 Å². The molecular weight excluding hydrogens is 122 g/mol. The molecule has 0 saturated carbocycles. The summed E-state index contributed by atoms with van der Waals surface area (Å²) < 4.78 is 0. The van der Waals surface area contributed by atoms with Gasteiger partial charge in [0.1, 0.15) is 0 Å². The molecule has 0 aromatic rings. The van der Waals surface area contributed by atoms with Crippen LogP contribution in [0.1, 0.15) is 0 Å². The van der Waals surface area contributed by atoms with Crippen molar-refractivity contribution in [1.82, 2.24) is 4.90 Å². The van der Waals surface area contributed by atoms with Crippen molar-refractivity contribution in [2.24, 2.45) is 0 Å². The topological polar surface area (TPSA) is 20.3 Å². The summed E-state index contributed by atoms with van der Waals surface area (Å²) >= 11 is 1.72. The third-order valence-electron chi connectivity index (χ3n) is 1.22. The smallest absolute Gasteiger partial charge is 0.232 e. The highest BCUT2D eigenvalue weighted by atomic mass is 32.2. The quantitative estimate of drug-likeness (QED) is 0.468. The van der Waals surface area contributed by atoms with Gasteiger partial charge in [-0.2, -0.15) is 11.8 Å². The minimum Gasteiger partial charge on any atom is -0.344 e. The van der Waals surface area contributed by atoms with Crippen LogP contribution in [0.25, 0.3) is 0 Å². The first kappa shape index (κ1) is 5.95. The number of rotatable bonds is 0. The summed E-state index contributed by atoms with van der Waals surface area (Å²) in [4.78, 5) is 12.5. The van der Waals surface area contributed by atoms with E-state index in [4.69, 9.17) is 0 Å². The van der Waals surface area contributed by atoms with Gasteiger partial charge in [0.05, 0.1) is 5.75 Å². The van der Waals surface area contributed by atoms with Gasteiger partial charge in [-0.05, 0) is 0 Å². The van der Waals surface area contributed by atoms with E-state index in [9.17, 15) is 4.79 Å². The molecule has 1 heterocycles. The molecule has 0 radical (unpaired) electrons. The van der Waals surface area contributed by atoms with Crippen LogP contribution in [0, 0.1) is 0 Å². The Morgan fingerprint density at radius 2 is 2.50 bits per heavy atom. The molecule has 0 N–H and O–H groups in total. The molecule has 0 bridgehead atoms. The van der Waals surface area contributed by atoms with E-state index < -0.39 is 0 Å². The van der Waals surface area contributed by atoms with Gasteiger partial charge in [-0.3, -0.25) is 4.79 Å². The van der Waals surface area contributed by atoms with E-state index in [2.05, 4.69) is 0 Å². The molecule has 0 unspecified atom stereocenters. The van der Waals surface area contributed by atoms with Crippen LogP contribution in [0.15, 0.2) is 0 Å². The maximum Gasteiger partial charge on any atom is 0.232 e. The molecular formula is C5H9NOS. The summed E-state index contributed by atoms with van der Waals surface area (Å²) in [5, 5.41) is 0. The van der Waals surface area contributed by atoms with Gasteiger partial charge >= 0.3 is 0 Å². The number of nitrogens with zero attached hydrogens (tertiary/aromatic N) is 1. The van der Waals surface area contributed by atoms with Gasteiger partial charge in [-0.15, -0.1) is 0 Å². The zero-order valence-electron chi connectivity index (χ0n) is 4.89. The highest BCUT2D eigenvalue weighted by molar-refractivity contribution is 8.00. The van der Waals surface area contributed by atoms with E-state index in [0.29, 0.717) is 5.75 Å². The van der Waals surface area contributed by atoms with E-state index >= 15 is 0 Å². The van der Waals surface area contributed by atoms with Crippen molar-refractivity contribution in [2.45, 2.75) is 0 Å². The fourth-order valence-corrected chi connectivity index (χ4v) is 1.54. The Morgan fingerprint density at radius 1 is 1.75 bits per heavy atom. The Kier molecular flexibility index (Phi) is 1.78. The largest absolute Gasteiger partial charge is 0.344 e. The highest BCUT2D eigenvalue weighted by Gasteiger charge is 2.12. The lowest BCUT2D eigenvalue weighted by Gasteiger charge is -2.20. The summed E-state index contributed by atoms with van der Waals surface area (Å²) in [6.07, 6.45) is 0. The van der Waals surface area contributed by atoms with Crippen molar-refractivity contribution in [3.8, 4) is 0 Å². The van der Waals surface area contributed by atoms with E-state index in [-0.39, 0.29) is 5.91 Å². The van der Waals surface area contributed by atoms with Crippen LogP contribution in [0.2, 0.25) is 0 Å². The first-order valence-corrected chi connectivity index (χ1v) is 3.78. The van der Waals surface area contributed by atoms with E-state index in [0.717, 1.165) is 12.3 Å². The summed E-state index contributed by atoms with van der Waals surface area (Å²) in [6, 6.07) is 0. The number of carbonyl (C=O) groups is 1. The Morgan fingerprint density at radius 3 is 2.88 bits per heavy atom. The molecule has 0 aromatic carbocycles. The molecule has 46 valence electrons. The molecule has 1 rings (SSSR count). The minimum atomic E-state index is 0.265. The number of amides is 1. The third-order valence-corrected chi connectivity index (χ3v) is 2.14. The van der Waals surface area contributed by atoms with Gasteiger partial charge in [0.25, 0.3) is 0 Å². The van der Waals surface area contributed by atoms with Gasteiger partial charge in [-0.25, -0.2) is 0 Å². The average molecular weight is 131 g/mol. The molecule has 1 aliphatic heterocycles. The number of thioether (sulfide) groups is 1. The summed E-state index contributed by atoms with van der Waals surface area (Å²) in [5.74, 6) is 2.04. The van der Waals surface area contributed by atoms with E-state index in [1.165, 1.54) is 0 Å². The molecule has 1 fully saturated rings. The van der Waals surface area contributed by atoms with Gasteiger partial charge < -0.3 is 4.90 Å². The third kappa shape index (κ3) is 1.15. The standard InChI is InChI=1S/C5H9NOS/c1-6-2-3-8-4-5(6)7/h2-4H2,1H3. The lowest BCUT2D eigenvalue weighted by molar-refractivity contribution is -0.127. The molecule has 0 aromatic heterocycles. The van der Waals surface area contributed by atoms with Crippen LogP contribution in [-0.2, 0) is 4.79 Å². The zero-order valence-corrected chi connectivity index (χ0v) is 5.70. The molecule has 0 spiro atoms. The van der Waals surface area contributed by atoms with Crippen LogP contribution < -0.4 is 0 Å². The van der Waals surface area contributed by atoms with Crippen molar-refractivity contribution < 1.29 is 4.79 Å². The molecule has 1 amide bonds.